The third-order valence-corrected chi connectivity index (χ3v) is 6.02. The van der Waals surface area contributed by atoms with Gasteiger partial charge in [0.2, 0.25) is 0 Å². The van der Waals surface area contributed by atoms with E-state index in [0.29, 0.717) is 24.4 Å². The molecule has 0 aromatic heterocycles. The Morgan fingerprint density at radius 3 is 2.52 bits per heavy atom. The van der Waals surface area contributed by atoms with E-state index >= 15 is 0 Å². The predicted molar refractivity (Wildman–Crippen MR) is 121 cm³/mol. The van der Waals surface area contributed by atoms with Crippen molar-refractivity contribution in [3.8, 4) is 5.75 Å². The first kappa shape index (κ1) is 21.1. The van der Waals surface area contributed by atoms with Crippen molar-refractivity contribution in [2.24, 2.45) is 11.3 Å². The summed E-state index contributed by atoms with van der Waals surface area (Å²) in [4.78, 5) is 12.4. The maximum Gasteiger partial charge on any atom is 0.155 e. The lowest BCUT2D eigenvalue weighted by Crippen LogP contribution is -2.28. The Hall–Kier alpha value is -2.61. The number of rotatable bonds is 8. The molecule has 3 rings (SSSR count). The molecule has 2 aromatic rings. The van der Waals surface area contributed by atoms with Crippen LogP contribution in [0.1, 0.15) is 57.6 Å². The molecule has 29 heavy (non-hydrogen) atoms. The summed E-state index contributed by atoms with van der Waals surface area (Å²) in [5, 5.41) is 0. The second kappa shape index (κ2) is 9.73. The van der Waals surface area contributed by atoms with Crippen LogP contribution in [0.4, 0.5) is 0 Å². The Morgan fingerprint density at radius 2 is 1.83 bits per heavy atom. The first-order valence-electron chi connectivity index (χ1n) is 10.6. The van der Waals surface area contributed by atoms with Crippen LogP contribution in [0.15, 0.2) is 72.3 Å². The van der Waals surface area contributed by atoms with E-state index in [0.717, 1.165) is 29.7 Å². The van der Waals surface area contributed by atoms with Crippen molar-refractivity contribution in [3.63, 3.8) is 0 Å². The van der Waals surface area contributed by atoms with Gasteiger partial charge in [-0.05, 0) is 66.9 Å². The second-order valence-electron chi connectivity index (χ2n) is 8.71. The molecule has 0 fully saturated rings. The van der Waals surface area contributed by atoms with Gasteiger partial charge in [-0.1, -0.05) is 74.0 Å². The average Bonchev–Trinajstić information content (AvgIpc) is 2.71. The molecule has 1 aliphatic carbocycles. The topological polar surface area (TPSA) is 26.3 Å². The molecule has 0 amide bonds. The lowest BCUT2D eigenvalue weighted by molar-refractivity contribution is -0.114. The zero-order chi connectivity index (χ0) is 20.7. The predicted octanol–water partition coefficient (Wildman–Crippen LogP) is 7.01. The van der Waals surface area contributed by atoms with Gasteiger partial charge in [0, 0.05) is 6.42 Å². The minimum absolute atomic E-state index is 0.198. The van der Waals surface area contributed by atoms with Crippen molar-refractivity contribution in [2.45, 2.75) is 53.1 Å². The summed E-state index contributed by atoms with van der Waals surface area (Å²) < 4.78 is 5.81. The monoisotopic (exact) mass is 388 g/mol. The fourth-order valence-electron chi connectivity index (χ4n) is 4.20. The lowest BCUT2D eigenvalue weighted by atomic mass is 9.67. The number of hydrogen-bond donors (Lipinski definition) is 0. The van der Waals surface area contributed by atoms with Crippen LogP contribution >= 0.6 is 0 Å². The van der Waals surface area contributed by atoms with Crippen LogP contribution in [-0.2, 0) is 11.4 Å². The maximum absolute atomic E-state index is 12.4. The van der Waals surface area contributed by atoms with E-state index in [-0.39, 0.29) is 5.78 Å². The van der Waals surface area contributed by atoms with Crippen LogP contribution in [0.5, 0.6) is 5.75 Å². The lowest BCUT2D eigenvalue weighted by Gasteiger charge is -2.38. The van der Waals surface area contributed by atoms with E-state index in [9.17, 15) is 4.79 Å². The summed E-state index contributed by atoms with van der Waals surface area (Å²) in [7, 11) is 0. The van der Waals surface area contributed by atoms with Crippen LogP contribution in [0.3, 0.4) is 0 Å². The minimum atomic E-state index is 0.198. The average molecular weight is 389 g/mol. The third-order valence-electron chi connectivity index (χ3n) is 6.02. The van der Waals surface area contributed by atoms with Gasteiger partial charge in [-0.25, -0.2) is 0 Å². The normalized spacial score (nSPS) is 18.4. The molecule has 0 heterocycles. The molecule has 0 aliphatic heterocycles. The van der Waals surface area contributed by atoms with Gasteiger partial charge in [-0.3, -0.25) is 4.79 Å². The molecule has 0 bridgehead atoms. The zero-order valence-electron chi connectivity index (χ0n) is 17.9. The molecule has 0 spiro atoms. The van der Waals surface area contributed by atoms with Crippen LogP contribution in [0, 0.1) is 11.3 Å². The molecule has 0 saturated heterocycles. The molecule has 0 saturated carbocycles. The van der Waals surface area contributed by atoms with Crippen molar-refractivity contribution in [1.29, 1.82) is 0 Å². The summed E-state index contributed by atoms with van der Waals surface area (Å²) in [6.07, 6.45) is 9.87. The second-order valence-corrected chi connectivity index (χ2v) is 8.71. The number of hydrogen-bond acceptors (Lipinski definition) is 2. The van der Waals surface area contributed by atoms with Crippen molar-refractivity contribution in [1.82, 2.24) is 0 Å². The standard InChI is InChI=1S/C27H32O2/c1-21-8-7-19-27(2,3)26(21)18-15-24(28)14-11-22-12-16-25(17-13-22)29-20-23-9-5-4-6-10-23/h4-6,8-14,16-17,26H,7,15,18-20H2,1-3H3/b14-11+. The molecule has 2 nitrogen and oxygen atoms in total. The van der Waals surface area contributed by atoms with Gasteiger partial charge in [0.15, 0.2) is 5.78 Å². The molecule has 0 N–H and O–H groups in total. The molecule has 1 unspecified atom stereocenters. The number of ether oxygens (including phenoxy) is 1. The maximum atomic E-state index is 12.4. The zero-order valence-corrected chi connectivity index (χ0v) is 17.9. The van der Waals surface area contributed by atoms with E-state index in [1.807, 2.05) is 48.5 Å². The number of benzene rings is 2. The van der Waals surface area contributed by atoms with Crippen LogP contribution < -0.4 is 4.74 Å². The molecule has 1 atom stereocenters. The molecular formula is C27H32O2. The quantitative estimate of drug-likeness (QED) is 0.359. The summed E-state index contributed by atoms with van der Waals surface area (Å²) in [5.74, 6) is 1.54. The number of allylic oxidation sites excluding steroid dienone is 3. The van der Waals surface area contributed by atoms with Gasteiger partial charge in [0.25, 0.3) is 0 Å². The highest BCUT2D eigenvalue weighted by molar-refractivity contribution is 5.93. The van der Waals surface area contributed by atoms with Gasteiger partial charge in [0.1, 0.15) is 12.4 Å². The van der Waals surface area contributed by atoms with Crippen LogP contribution in [-0.4, -0.2) is 5.78 Å². The fourth-order valence-corrected chi connectivity index (χ4v) is 4.20. The molecular weight excluding hydrogens is 356 g/mol. The summed E-state index contributed by atoms with van der Waals surface area (Å²) in [5.41, 5.74) is 3.90. The molecule has 1 aliphatic rings. The van der Waals surface area contributed by atoms with E-state index < -0.39 is 0 Å². The first-order valence-corrected chi connectivity index (χ1v) is 10.6. The van der Waals surface area contributed by atoms with Gasteiger partial charge >= 0.3 is 0 Å². The van der Waals surface area contributed by atoms with Crippen LogP contribution in [0.2, 0.25) is 0 Å². The first-order chi connectivity index (χ1) is 13.9. The Balaban J connectivity index is 1.48. The smallest absolute Gasteiger partial charge is 0.155 e. The SMILES string of the molecule is CC1=CCCC(C)(C)C1CCC(=O)/C=C/c1ccc(OCc2ccccc2)cc1. The number of carbonyl (C=O) groups is 1. The third kappa shape index (κ3) is 6.19. The largest absolute Gasteiger partial charge is 0.489 e. The van der Waals surface area contributed by atoms with Gasteiger partial charge in [0.05, 0.1) is 0 Å². The molecule has 2 heteroatoms. The van der Waals surface area contributed by atoms with E-state index in [1.54, 1.807) is 6.08 Å². The highest BCUT2D eigenvalue weighted by Gasteiger charge is 2.32. The summed E-state index contributed by atoms with van der Waals surface area (Å²) in [6.45, 7) is 7.43. The number of ketones is 1. The minimum Gasteiger partial charge on any atom is -0.489 e. The summed E-state index contributed by atoms with van der Waals surface area (Å²) >= 11 is 0. The highest BCUT2D eigenvalue weighted by Crippen LogP contribution is 2.43. The Bertz CT molecular complexity index is 857. The van der Waals surface area contributed by atoms with Crippen LogP contribution in [0.25, 0.3) is 6.08 Å². The fraction of sp³-hybridized carbons (Fsp3) is 0.370. The highest BCUT2D eigenvalue weighted by atomic mass is 16.5. The van der Waals surface area contributed by atoms with Crippen molar-refractivity contribution >= 4 is 11.9 Å². The Morgan fingerprint density at radius 1 is 1.10 bits per heavy atom. The van der Waals surface area contributed by atoms with Gasteiger partial charge in [-0.2, -0.15) is 0 Å². The van der Waals surface area contributed by atoms with Gasteiger partial charge in [-0.15, -0.1) is 0 Å². The number of carbonyl (C=O) groups excluding carboxylic acids is 1. The molecule has 0 radical (unpaired) electrons. The Labute approximate surface area is 175 Å². The van der Waals surface area contributed by atoms with Crippen molar-refractivity contribution in [3.05, 3.63) is 83.4 Å². The van der Waals surface area contributed by atoms with E-state index in [4.69, 9.17) is 4.74 Å². The molecule has 2 aromatic carbocycles. The van der Waals surface area contributed by atoms with Gasteiger partial charge < -0.3 is 4.74 Å². The summed E-state index contributed by atoms with van der Waals surface area (Å²) in [6, 6.07) is 18.0. The Kier molecular flexibility index (Phi) is 7.09. The van der Waals surface area contributed by atoms with E-state index in [1.165, 1.54) is 12.0 Å². The van der Waals surface area contributed by atoms with E-state index in [2.05, 4.69) is 39.0 Å². The van der Waals surface area contributed by atoms with Crippen molar-refractivity contribution < 1.29 is 9.53 Å². The van der Waals surface area contributed by atoms with Crippen molar-refractivity contribution in [2.75, 3.05) is 0 Å². The molecule has 152 valence electrons.